The number of imidazole rings is 1. The number of nitrogens with zero attached hydrogens (tertiary/aromatic N) is 4. The lowest BCUT2D eigenvalue weighted by Crippen LogP contribution is -2.43. The van der Waals surface area contributed by atoms with Crippen LogP contribution in [0.25, 0.3) is 11.2 Å². The Balaban J connectivity index is 1.90. The van der Waals surface area contributed by atoms with Crippen molar-refractivity contribution in [1.82, 2.24) is 18.7 Å². The van der Waals surface area contributed by atoms with E-state index >= 15 is 0 Å². The molecule has 1 aliphatic rings. The number of aromatic nitrogens is 4. The summed E-state index contributed by atoms with van der Waals surface area (Å²) >= 11 is 3.59. The molecule has 2 atom stereocenters. The second-order valence-electron chi connectivity index (χ2n) is 7.69. The molecule has 1 aliphatic carbocycles. The molecule has 4 rings (SSSR count). The Hall–Kier alpha value is -2.39. The topological polar surface area (TPSA) is 99.9 Å². The summed E-state index contributed by atoms with van der Waals surface area (Å²) in [6.07, 6.45) is 4.15. The Kier molecular flexibility index (Phi) is 5.35. The minimum absolute atomic E-state index is 0.0344. The molecule has 1 saturated carbocycles. The molecule has 8 nitrogen and oxygen atoms in total. The summed E-state index contributed by atoms with van der Waals surface area (Å²) in [6.45, 7) is 0.440. The number of nitrogens with one attached hydrogen (secondary N) is 1. The first-order valence-electron chi connectivity index (χ1n) is 9.80. The first-order chi connectivity index (χ1) is 13.9. The first-order valence-corrected chi connectivity index (χ1v) is 10.6. The SMILES string of the molecule is Cn1c(=O)c2c(nc(N[C@H]3CCCCC3N)n2Cc2ccccc2Br)n(C)c1=O. The van der Waals surface area contributed by atoms with Gasteiger partial charge in [0, 0.05) is 30.7 Å². The van der Waals surface area contributed by atoms with Crippen LogP contribution < -0.4 is 22.3 Å². The number of fused-ring (bicyclic) bond motifs is 1. The molecule has 0 spiro atoms. The van der Waals surface area contributed by atoms with Crippen LogP contribution in [-0.2, 0) is 20.6 Å². The van der Waals surface area contributed by atoms with Gasteiger partial charge in [0.15, 0.2) is 11.2 Å². The summed E-state index contributed by atoms with van der Waals surface area (Å²) in [5.41, 5.74) is 7.36. The Morgan fingerprint density at radius 2 is 1.90 bits per heavy atom. The molecule has 0 bridgehead atoms. The van der Waals surface area contributed by atoms with Crippen LogP contribution in [-0.4, -0.2) is 30.8 Å². The van der Waals surface area contributed by atoms with Crippen molar-refractivity contribution in [3.8, 4) is 0 Å². The van der Waals surface area contributed by atoms with E-state index in [4.69, 9.17) is 5.73 Å². The zero-order valence-electron chi connectivity index (χ0n) is 16.6. The highest BCUT2D eigenvalue weighted by molar-refractivity contribution is 9.10. The zero-order valence-corrected chi connectivity index (χ0v) is 18.1. The number of hydrogen-bond donors (Lipinski definition) is 2. The summed E-state index contributed by atoms with van der Waals surface area (Å²) in [5.74, 6) is 0.566. The molecule has 1 fully saturated rings. The van der Waals surface area contributed by atoms with Crippen molar-refractivity contribution in [2.75, 3.05) is 5.32 Å². The second kappa shape index (κ2) is 7.79. The van der Waals surface area contributed by atoms with Gasteiger partial charge in [0.25, 0.3) is 5.56 Å². The molecule has 0 saturated heterocycles. The van der Waals surface area contributed by atoms with Crippen LogP contribution in [0.5, 0.6) is 0 Å². The Morgan fingerprint density at radius 3 is 2.62 bits per heavy atom. The van der Waals surface area contributed by atoms with Gasteiger partial charge in [-0.15, -0.1) is 0 Å². The fourth-order valence-electron chi connectivity index (χ4n) is 4.01. The summed E-state index contributed by atoms with van der Waals surface area (Å²) in [5, 5.41) is 3.47. The molecule has 3 aromatic rings. The first kappa shape index (κ1) is 19.9. The molecule has 3 N–H and O–H groups in total. The van der Waals surface area contributed by atoms with Crippen LogP contribution in [0, 0.1) is 0 Å². The van der Waals surface area contributed by atoms with Gasteiger partial charge in [-0.1, -0.05) is 47.0 Å². The van der Waals surface area contributed by atoms with E-state index in [1.807, 2.05) is 28.8 Å². The van der Waals surface area contributed by atoms with Crippen molar-refractivity contribution >= 4 is 33.0 Å². The van der Waals surface area contributed by atoms with Gasteiger partial charge in [-0.05, 0) is 24.5 Å². The maximum absolute atomic E-state index is 13.0. The summed E-state index contributed by atoms with van der Waals surface area (Å²) in [6, 6.07) is 7.98. The average molecular weight is 461 g/mol. The number of hydrogen-bond acceptors (Lipinski definition) is 5. The van der Waals surface area contributed by atoms with Crippen molar-refractivity contribution in [1.29, 1.82) is 0 Å². The normalized spacial score (nSPS) is 19.6. The highest BCUT2D eigenvalue weighted by Crippen LogP contribution is 2.25. The number of anilines is 1. The lowest BCUT2D eigenvalue weighted by Gasteiger charge is -2.29. The summed E-state index contributed by atoms with van der Waals surface area (Å²) in [4.78, 5) is 30.1. The van der Waals surface area contributed by atoms with Crippen LogP contribution in [0.15, 0.2) is 38.3 Å². The molecular formula is C20H25BrN6O2. The highest BCUT2D eigenvalue weighted by Gasteiger charge is 2.26. The number of halogens is 1. The quantitative estimate of drug-likeness (QED) is 0.619. The maximum atomic E-state index is 13.0. The lowest BCUT2D eigenvalue weighted by molar-refractivity contribution is 0.401. The van der Waals surface area contributed by atoms with Crippen molar-refractivity contribution < 1.29 is 0 Å². The molecule has 29 heavy (non-hydrogen) atoms. The summed E-state index contributed by atoms with van der Waals surface area (Å²) in [7, 11) is 3.13. The monoisotopic (exact) mass is 460 g/mol. The van der Waals surface area contributed by atoms with E-state index in [1.165, 1.54) is 11.6 Å². The van der Waals surface area contributed by atoms with Crippen molar-refractivity contribution in [3.05, 3.63) is 55.1 Å². The van der Waals surface area contributed by atoms with E-state index in [1.54, 1.807) is 7.05 Å². The second-order valence-corrected chi connectivity index (χ2v) is 8.54. The van der Waals surface area contributed by atoms with Gasteiger partial charge in [-0.2, -0.15) is 4.98 Å². The number of aryl methyl sites for hydroxylation is 1. The molecule has 154 valence electrons. The fourth-order valence-corrected chi connectivity index (χ4v) is 4.42. The van der Waals surface area contributed by atoms with E-state index in [-0.39, 0.29) is 17.6 Å². The van der Waals surface area contributed by atoms with Crippen molar-refractivity contribution in [3.63, 3.8) is 0 Å². The van der Waals surface area contributed by atoms with E-state index in [0.717, 1.165) is 40.3 Å². The van der Waals surface area contributed by atoms with Crippen LogP contribution >= 0.6 is 15.9 Å². The molecule has 0 amide bonds. The van der Waals surface area contributed by atoms with Crippen LogP contribution in [0.2, 0.25) is 0 Å². The molecular weight excluding hydrogens is 436 g/mol. The lowest BCUT2D eigenvalue weighted by atomic mass is 9.91. The van der Waals surface area contributed by atoms with Crippen LogP contribution in [0.4, 0.5) is 5.95 Å². The molecule has 2 aromatic heterocycles. The number of benzene rings is 1. The van der Waals surface area contributed by atoms with E-state index in [9.17, 15) is 9.59 Å². The Labute approximate surface area is 176 Å². The van der Waals surface area contributed by atoms with E-state index < -0.39 is 5.69 Å². The van der Waals surface area contributed by atoms with Gasteiger partial charge in [0.1, 0.15) is 0 Å². The van der Waals surface area contributed by atoms with Crippen molar-refractivity contribution in [2.45, 2.75) is 44.3 Å². The predicted molar refractivity (Wildman–Crippen MR) is 117 cm³/mol. The Morgan fingerprint density at radius 1 is 1.17 bits per heavy atom. The van der Waals surface area contributed by atoms with Gasteiger partial charge in [-0.25, -0.2) is 4.79 Å². The smallest absolute Gasteiger partial charge is 0.332 e. The van der Waals surface area contributed by atoms with E-state index in [0.29, 0.717) is 23.7 Å². The highest BCUT2D eigenvalue weighted by atomic mass is 79.9. The minimum atomic E-state index is -0.394. The minimum Gasteiger partial charge on any atom is -0.351 e. The van der Waals surface area contributed by atoms with Gasteiger partial charge in [0.05, 0.1) is 6.54 Å². The van der Waals surface area contributed by atoms with Crippen LogP contribution in [0.3, 0.4) is 0 Å². The Bertz CT molecular complexity index is 1180. The molecule has 0 radical (unpaired) electrons. The van der Waals surface area contributed by atoms with Crippen LogP contribution in [0.1, 0.15) is 31.2 Å². The molecule has 2 heterocycles. The van der Waals surface area contributed by atoms with E-state index in [2.05, 4.69) is 26.2 Å². The van der Waals surface area contributed by atoms with Gasteiger partial charge >= 0.3 is 5.69 Å². The number of nitrogens with two attached hydrogens (primary N) is 1. The molecule has 1 unspecified atom stereocenters. The standard InChI is InChI=1S/C20H25BrN6O2/c1-25-17-16(18(28)26(2)20(25)29)27(11-12-7-3-4-8-13(12)21)19(24-17)23-15-10-6-5-9-14(15)22/h3-4,7-8,14-15H,5-6,9-11,22H2,1-2H3,(H,23,24)/t14?,15-/m0/s1. The third-order valence-electron chi connectivity index (χ3n) is 5.77. The van der Waals surface area contributed by atoms with Gasteiger partial charge in [-0.3, -0.25) is 18.5 Å². The van der Waals surface area contributed by atoms with Crippen molar-refractivity contribution in [2.24, 2.45) is 19.8 Å². The fraction of sp³-hybridized carbons (Fsp3) is 0.450. The number of rotatable bonds is 4. The van der Waals surface area contributed by atoms with Gasteiger partial charge in [0.2, 0.25) is 5.95 Å². The molecule has 1 aromatic carbocycles. The van der Waals surface area contributed by atoms with Gasteiger partial charge < -0.3 is 11.1 Å². The third kappa shape index (κ3) is 3.53. The third-order valence-corrected chi connectivity index (χ3v) is 6.54. The largest absolute Gasteiger partial charge is 0.351 e. The molecule has 0 aliphatic heterocycles. The maximum Gasteiger partial charge on any atom is 0.332 e. The predicted octanol–water partition coefficient (Wildman–Crippen LogP) is 1.93. The average Bonchev–Trinajstić information content (AvgIpc) is 3.06. The zero-order chi connectivity index (χ0) is 20.7. The summed E-state index contributed by atoms with van der Waals surface area (Å²) < 4.78 is 5.35. The molecule has 9 heteroatoms.